The van der Waals surface area contributed by atoms with Crippen molar-refractivity contribution < 1.29 is 17.9 Å². The van der Waals surface area contributed by atoms with Gasteiger partial charge in [0.2, 0.25) is 5.91 Å². The number of nitrogens with zero attached hydrogens (tertiary/aromatic N) is 3. The molecule has 1 atom stereocenters. The van der Waals surface area contributed by atoms with Crippen molar-refractivity contribution in [3.05, 3.63) is 112 Å². The summed E-state index contributed by atoms with van der Waals surface area (Å²) in [5.74, 6) is 0.803. The molecule has 5 heterocycles. The summed E-state index contributed by atoms with van der Waals surface area (Å²) in [6.07, 6.45) is 8.07. The lowest BCUT2D eigenvalue weighted by Crippen LogP contribution is -2.35. The highest BCUT2D eigenvalue weighted by molar-refractivity contribution is 7.92. The normalized spacial score (nSPS) is 16.5. The van der Waals surface area contributed by atoms with E-state index in [1.165, 1.54) is 12.3 Å². The molecule has 14 heteroatoms. The molecule has 1 fully saturated rings. The number of ether oxygens (including phenoxy) is 1. The number of aromatic nitrogens is 3. The van der Waals surface area contributed by atoms with Gasteiger partial charge in [0.05, 0.1) is 39.6 Å². The molecule has 262 valence electrons. The van der Waals surface area contributed by atoms with E-state index in [2.05, 4.69) is 25.7 Å². The fraction of sp³-hybridized carbons (Fsp3) is 0.216. The van der Waals surface area contributed by atoms with Crippen LogP contribution in [0.5, 0.6) is 5.75 Å². The van der Waals surface area contributed by atoms with Crippen molar-refractivity contribution in [1.82, 2.24) is 35.2 Å². The van der Waals surface area contributed by atoms with Gasteiger partial charge in [-0.2, -0.15) is 0 Å². The monoisotopic (exact) mass is 743 g/mol. The van der Waals surface area contributed by atoms with E-state index in [-0.39, 0.29) is 11.9 Å². The summed E-state index contributed by atoms with van der Waals surface area (Å²) in [6, 6.07) is 17.6. The summed E-state index contributed by atoms with van der Waals surface area (Å²) in [5, 5.41) is 12.7. The first-order chi connectivity index (χ1) is 24.6. The summed E-state index contributed by atoms with van der Waals surface area (Å²) in [7, 11) is 0.158. The van der Waals surface area contributed by atoms with Crippen molar-refractivity contribution in [2.24, 2.45) is 7.05 Å². The summed E-state index contributed by atoms with van der Waals surface area (Å²) in [5.41, 5.74) is 7.77. The molecule has 7 rings (SSSR count). The Morgan fingerprint density at radius 2 is 1.84 bits per heavy atom. The van der Waals surface area contributed by atoms with Gasteiger partial charge in [-0.25, -0.2) is 13.4 Å². The molecule has 5 aromatic rings. The number of hydrogen-bond acceptors (Lipinski definition) is 8. The second-order valence-electron chi connectivity index (χ2n) is 12.4. The number of aryl methyl sites for hydroxylation is 1. The van der Waals surface area contributed by atoms with E-state index in [0.29, 0.717) is 58.9 Å². The van der Waals surface area contributed by atoms with Gasteiger partial charge in [-0.3, -0.25) is 14.5 Å². The molecule has 1 saturated heterocycles. The molecule has 0 bridgehead atoms. The molecule has 2 aromatic carbocycles. The number of fused-ring (bicyclic) bond motifs is 1. The van der Waals surface area contributed by atoms with Gasteiger partial charge in [0.25, 0.3) is 10.0 Å². The maximum Gasteiger partial charge on any atom is 0.254 e. The highest BCUT2D eigenvalue weighted by Crippen LogP contribution is 2.42. The van der Waals surface area contributed by atoms with Gasteiger partial charge in [0.15, 0.2) is 0 Å². The second kappa shape index (κ2) is 14.4. The van der Waals surface area contributed by atoms with Gasteiger partial charge in [-0.05, 0) is 42.3 Å². The number of hydrogen-bond donors (Lipinski definition) is 4. The number of amides is 1. The van der Waals surface area contributed by atoms with Crippen LogP contribution < -0.4 is 25.4 Å². The molecule has 0 radical (unpaired) electrons. The Morgan fingerprint density at radius 3 is 2.61 bits per heavy atom. The van der Waals surface area contributed by atoms with Crippen LogP contribution in [0, 0.1) is 0 Å². The molecule has 0 saturated carbocycles. The van der Waals surface area contributed by atoms with E-state index in [1.807, 2.05) is 72.4 Å². The molecular weight excluding hydrogens is 709 g/mol. The van der Waals surface area contributed by atoms with Crippen LogP contribution in [0.4, 0.5) is 0 Å². The zero-order valence-corrected chi connectivity index (χ0v) is 30.2. The Kier molecular flexibility index (Phi) is 9.75. The lowest BCUT2D eigenvalue weighted by molar-refractivity contribution is -0.119. The number of benzene rings is 2. The van der Waals surface area contributed by atoms with Crippen LogP contribution in [0.3, 0.4) is 0 Å². The van der Waals surface area contributed by atoms with Gasteiger partial charge in [0, 0.05) is 90.9 Å². The minimum absolute atomic E-state index is 0.0986. The number of nitrogens with one attached hydrogen (secondary N) is 4. The maximum absolute atomic E-state index is 11.6. The summed E-state index contributed by atoms with van der Waals surface area (Å²) >= 11 is 14.2. The average molecular weight is 745 g/mol. The standard InChI is InChI=1S/C37H35Cl2N7O4S/c1-46-21-24(18-42-25-13-15-51(48,49)43-20-25)27-9-10-31(45-37(27)46)30-5-3-4-28(34(30)38)29-12-14-41-36(35(29)39)22-6-7-23(32(16-22)50-2)17-40-19-26-8-11-33(47)44-26/h3-7,9-10,12-16,20-21,26,40,42-43H,8,11,17-19H2,1-2H3,(H,44,47)/t26-/m0/s1. The summed E-state index contributed by atoms with van der Waals surface area (Å²) in [6.45, 7) is 1.75. The van der Waals surface area contributed by atoms with Crippen LogP contribution in [0.25, 0.3) is 44.7 Å². The third kappa shape index (κ3) is 7.31. The fourth-order valence-corrected chi connectivity index (χ4v) is 7.71. The molecule has 1 amide bonds. The minimum Gasteiger partial charge on any atom is -0.496 e. The number of carbonyl (C=O) groups excluding carboxylic acids is 1. The van der Waals surface area contributed by atoms with Crippen molar-refractivity contribution in [2.75, 3.05) is 13.7 Å². The number of halogens is 2. The average Bonchev–Trinajstić information content (AvgIpc) is 3.69. The van der Waals surface area contributed by atoms with Crippen LogP contribution in [0.2, 0.25) is 10.0 Å². The zero-order valence-electron chi connectivity index (χ0n) is 27.8. The van der Waals surface area contributed by atoms with Crippen LogP contribution in [0.1, 0.15) is 24.0 Å². The number of carbonyl (C=O) groups is 1. The third-order valence-electron chi connectivity index (χ3n) is 9.00. The lowest BCUT2D eigenvalue weighted by atomic mass is 9.99. The highest BCUT2D eigenvalue weighted by Gasteiger charge is 2.21. The highest BCUT2D eigenvalue weighted by atomic mass is 35.5. The summed E-state index contributed by atoms with van der Waals surface area (Å²) in [4.78, 5) is 21.1. The smallest absolute Gasteiger partial charge is 0.254 e. The summed E-state index contributed by atoms with van der Waals surface area (Å²) < 4.78 is 33.2. The molecule has 4 N–H and O–H groups in total. The maximum atomic E-state index is 11.6. The quantitative estimate of drug-likeness (QED) is 0.129. The fourth-order valence-electron chi connectivity index (χ4n) is 6.37. The van der Waals surface area contributed by atoms with Crippen LogP contribution in [-0.2, 0) is 35.0 Å². The first-order valence-corrected chi connectivity index (χ1v) is 18.6. The molecule has 3 aromatic heterocycles. The van der Waals surface area contributed by atoms with Crippen molar-refractivity contribution >= 4 is 50.2 Å². The van der Waals surface area contributed by atoms with E-state index in [9.17, 15) is 13.2 Å². The molecule has 0 spiro atoms. The van der Waals surface area contributed by atoms with E-state index >= 15 is 0 Å². The number of rotatable bonds is 11. The predicted octanol–water partition coefficient (Wildman–Crippen LogP) is 6.03. The van der Waals surface area contributed by atoms with E-state index in [4.69, 9.17) is 32.9 Å². The Bertz CT molecular complexity index is 2340. The van der Waals surface area contributed by atoms with Crippen molar-refractivity contribution in [3.63, 3.8) is 0 Å². The van der Waals surface area contributed by atoms with Crippen molar-refractivity contribution in [2.45, 2.75) is 32.0 Å². The number of allylic oxidation sites excluding steroid dienone is 1. The zero-order chi connectivity index (χ0) is 35.7. The molecule has 2 aliphatic rings. The Labute approximate surface area is 305 Å². The topological polar surface area (TPSA) is 139 Å². The number of sulfonamides is 1. The van der Waals surface area contributed by atoms with Crippen LogP contribution >= 0.6 is 23.2 Å². The molecule has 2 aliphatic heterocycles. The molecule has 0 aliphatic carbocycles. The minimum atomic E-state index is -3.41. The van der Waals surface area contributed by atoms with E-state index < -0.39 is 10.0 Å². The number of pyridine rings is 2. The molecular formula is C37H35Cl2N7O4S. The molecule has 0 unspecified atom stereocenters. The van der Waals surface area contributed by atoms with Gasteiger partial charge in [0.1, 0.15) is 11.4 Å². The Balaban J connectivity index is 1.12. The van der Waals surface area contributed by atoms with Gasteiger partial charge < -0.3 is 25.3 Å². The third-order valence-corrected chi connectivity index (χ3v) is 10.7. The van der Waals surface area contributed by atoms with Crippen LogP contribution in [0.15, 0.2) is 90.4 Å². The SMILES string of the molecule is COc1cc(-c2nccc(-c3cccc(-c4ccc5c(CNC6=CNS(=O)(=O)C=C6)cn(C)c5n4)c3Cl)c2Cl)ccc1CNC[C@@H]1CCC(=O)N1. The molecule has 11 nitrogen and oxygen atoms in total. The first kappa shape index (κ1) is 34.6. The first-order valence-electron chi connectivity index (χ1n) is 16.3. The van der Waals surface area contributed by atoms with Crippen LogP contribution in [-0.4, -0.2) is 48.6 Å². The van der Waals surface area contributed by atoms with E-state index in [0.717, 1.165) is 56.2 Å². The van der Waals surface area contributed by atoms with Gasteiger partial charge in [-0.1, -0.05) is 53.5 Å². The van der Waals surface area contributed by atoms with Crippen molar-refractivity contribution in [1.29, 1.82) is 0 Å². The molecule has 51 heavy (non-hydrogen) atoms. The lowest BCUT2D eigenvalue weighted by Gasteiger charge is -2.16. The van der Waals surface area contributed by atoms with Crippen molar-refractivity contribution in [3.8, 4) is 39.4 Å². The van der Waals surface area contributed by atoms with E-state index in [1.54, 1.807) is 13.3 Å². The van der Waals surface area contributed by atoms with Gasteiger partial charge >= 0.3 is 0 Å². The predicted molar refractivity (Wildman–Crippen MR) is 200 cm³/mol. The Morgan fingerprint density at radius 1 is 1.02 bits per heavy atom. The number of methoxy groups -OCH3 is 1. The largest absolute Gasteiger partial charge is 0.496 e. The second-order valence-corrected chi connectivity index (χ2v) is 14.8. The Hall–Kier alpha value is -4.88. The van der Waals surface area contributed by atoms with Gasteiger partial charge in [-0.15, -0.1) is 0 Å².